The summed E-state index contributed by atoms with van der Waals surface area (Å²) in [5.41, 5.74) is 5.66. The van der Waals surface area contributed by atoms with Gasteiger partial charge in [-0.25, -0.2) is 0 Å². The number of hydrogen-bond donors (Lipinski definition) is 2. The molecule has 2 rings (SSSR count). The van der Waals surface area contributed by atoms with Crippen LogP contribution in [-0.4, -0.2) is 4.98 Å². The van der Waals surface area contributed by atoms with Gasteiger partial charge in [-0.2, -0.15) is 0 Å². The molecular weight excluding hydrogens is 277 g/mol. The van der Waals surface area contributed by atoms with Crippen LogP contribution in [0.2, 0.25) is 0 Å². The average molecular weight is 289 g/mol. The summed E-state index contributed by atoms with van der Waals surface area (Å²) >= 11 is 3.45. The minimum absolute atomic E-state index is 0. The highest BCUT2D eigenvalue weighted by Gasteiger charge is 2.04. The maximum absolute atomic E-state index is 5.42. The minimum atomic E-state index is 0. The van der Waals surface area contributed by atoms with Crippen LogP contribution in [0, 0.1) is 6.92 Å². The number of nitrogens with zero attached hydrogens (tertiary/aromatic N) is 1. The Balaban J connectivity index is 0.00000112. The molecule has 0 bridgehead atoms. The Labute approximate surface area is 103 Å². The van der Waals surface area contributed by atoms with Crippen molar-refractivity contribution in [3.63, 3.8) is 0 Å². The Morgan fingerprint density at radius 1 is 1.40 bits per heavy atom. The van der Waals surface area contributed by atoms with Gasteiger partial charge in [-0.05, 0) is 30.7 Å². The molecule has 0 spiro atoms. The maximum atomic E-state index is 5.42. The Morgan fingerprint density at radius 2 is 2.13 bits per heavy atom. The number of aryl methyl sites for hydroxylation is 1. The van der Waals surface area contributed by atoms with E-state index in [1.165, 1.54) is 0 Å². The quantitative estimate of drug-likeness (QED) is 0.626. The second-order valence-electron chi connectivity index (χ2n) is 3.12. The summed E-state index contributed by atoms with van der Waals surface area (Å²) < 4.78 is 1.03. The van der Waals surface area contributed by atoms with Crippen molar-refractivity contribution in [3.8, 4) is 0 Å². The number of nitrogens with two attached hydrogens (primary N) is 1. The molecule has 0 aliphatic carbocycles. The van der Waals surface area contributed by atoms with Crippen LogP contribution >= 0.6 is 28.3 Å². The SMILES string of the molecule is Cc1cc(Br)cc2c(NN)ccnc12.Cl. The van der Waals surface area contributed by atoms with Crippen LogP contribution in [0.15, 0.2) is 28.9 Å². The van der Waals surface area contributed by atoms with E-state index in [4.69, 9.17) is 5.84 Å². The van der Waals surface area contributed by atoms with Gasteiger partial charge in [-0.1, -0.05) is 15.9 Å². The van der Waals surface area contributed by atoms with Crippen molar-refractivity contribution >= 4 is 44.9 Å². The van der Waals surface area contributed by atoms with Crippen molar-refractivity contribution in [2.45, 2.75) is 6.92 Å². The largest absolute Gasteiger partial charge is 0.323 e. The molecule has 0 radical (unpaired) electrons. The first-order chi connectivity index (χ1) is 6.72. The number of halogens is 2. The predicted octanol–water partition coefficient (Wildman–Crippen LogP) is 3.01. The molecule has 1 heterocycles. The molecule has 0 unspecified atom stereocenters. The van der Waals surface area contributed by atoms with Gasteiger partial charge in [0.2, 0.25) is 0 Å². The molecular formula is C10H11BrClN3. The summed E-state index contributed by atoms with van der Waals surface area (Å²) in [5.74, 6) is 5.42. The van der Waals surface area contributed by atoms with Crippen LogP contribution in [0.1, 0.15) is 5.56 Å². The molecule has 0 saturated carbocycles. The molecule has 0 fully saturated rings. The van der Waals surface area contributed by atoms with Crippen molar-refractivity contribution in [1.82, 2.24) is 4.98 Å². The van der Waals surface area contributed by atoms with Crippen molar-refractivity contribution in [2.75, 3.05) is 5.43 Å². The highest BCUT2D eigenvalue weighted by molar-refractivity contribution is 9.10. The lowest BCUT2D eigenvalue weighted by molar-refractivity contribution is 1.32. The van der Waals surface area contributed by atoms with Crippen LogP contribution in [0.25, 0.3) is 10.9 Å². The maximum Gasteiger partial charge on any atom is 0.0753 e. The van der Waals surface area contributed by atoms with E-state index >= 15 is 0 Å². The van der Waals surface area contributed by atoms with E-state index in [-0.39, 0.29) is 12.4 Å². The van der Waals surface area contributed by atoms with Gasteiger partial charge in [0.15, 0.2) is 0 Å². The first-order valence-electron chi connectivity index (χ1n) is 4.24. The molecule has 0 amide bonds. The Hall–Kier alpha value is -0.840. The van der Waals surface area contributed by atoms with Gasteiger partial charge in [0.05, 0.1) is 11.2 Å². The number of rotatable bonds is 1. The Bertz CT molecular complexity index is 487. The number of aromatic nitrogens is 1. The minimum Gasteiger partial charge on any atom is -0.323 e. The van der Waals surface area contributed by atoms with Gasteiger partial charge in [0, 0.05) is 16.1 Å². The lowest BCUT2D eigenvalue weighted by Crippen LogP contribution is -2.07. The van der Waals surface area contributed by atoms with E-state index in [0.29, 0.717) is 0 Å². The number of hydrogen-bond acceptors (Lipinski definition) is 3. The average Bonchev–Trinajstić information content (AvgIpc) is 2.17. The molecule has 1 aromatic heterocycles. The number of pyridine rings is 1. The molecule has 0 aliphatic rings. The van der Waals surface area contributed by atoms with E-state index < -0.39 is 0 Å². The first-order valence-corrected chi connectivity index (χ1v) is 5.03. The van der Waals surface area contributed by atoms with Crippen LogP contribution in [0.5, 0.6) is 0 Å². The second kappa shape index (κ2) is 4.79. The lowest BCUT2D eigenvalue weighted by atomic mass is 10.1. The van der Waals surface area contributed by atoms with Gasteiger partial charge in [-0.3, -0.25) is 10.8 Å². The molecule has 80 valence electrons. The van der Waals surface area contributed by atoms with Gasteiger partial charge in [0.25, 0.3) is 0 Å². The molecule has 2 aromatic rings. The topological polar surface area (TPSA) is 50.9 Å². The first kappa shape index (κ1) is 12.2. The molecule has 15 heavy (non-hydrogen) atoms. The van der Waals surface area contributed by atoms with Crippen molar-refractivity contribution in [3.05, 3.63) is 34.4 Å². The third-order valence-corrected chi connectivity index (χ3v) is 2.61. The van der Waals surface area contributed by atoms with E-state index in [2.05, 4.69) is 26.3 Å². The summed E-state index contributed by atoms with van der Waals surface area (Å²) in [4.78, 5) is 4.31. The fourth-order valence-corrected chi connectivity index (χ4v) is 2.09. The van der Waals surface area contributed by atoms with E-state index in [1.807, 2.05) is 25.1 Å². The molecule has 3 N–H and O–H groups in total. The number of nitrogen functional groups attached to an aromatic ring is 1. The highest BCUT2D eigenvalue weighted by Crippen LogP contribution is 2.27. The molecule has 5 heteroatoms. The second-order valence-corrected chi connectivity index (χ2v) is 4.04. The molecule has 3 nitrogen and oxygen atoms in total. The Kier molecular flexibility index (Phi) is 3.90. The fraction of sp³-hybridized carbons (Fsp3) is 0.100. The fourth-order valence-electron chi connectivity index (χ4n) is 1.51. The zero-order valence-electron chi connectivity index (χ0n) is 8.12. The van der Waals surface area contributed by atoms with Crippen molar-refractivity contribution in [2.24, 2.45) is 5.84 Å². The summed E-state index contributed by atoms with van der Waals surface area (Å²) in [6, 6.07) is 5.90. The van der Waals surface area contributed by atoms with Gasteiger partial charge in [-0.15, -0.1) is 12.4 Å². The predicted molar refractivity (Wildman–Crippen MR) is 69.2 cm³/mol. The third kappa shape index (κ3) is 2.22. The standard InChI is InChI=1S/C10H10BrN3.ClH/c1-6-4-7(11)5-8-9(14-12)2-3-13-10(6)8;/h2-5H,12H2,1H3,(H,13,14);1H. The van der Waals surface area contributed by atoms with Gasteiger partial charge in [0.1, 0.15) is 0 Å². The summed E-state index contributed by atoms with van der Waals surface area (Å²) in [6.07, 6.45) is 1.75. The van der Waals surface area contributed by atoms with Gasteiger partial charge < -0.3 is 5.43 Å². The number of anilines is 1. The van der Waals surface area contributed by atoms with E-state index in [9.17, 15) is 0 Å². The number of fused-ring (bicyclic) bond motifs is 1. The summed E-state index contributed by atoms with van der Waals surface area (Å²) in [5, 5.41) is 1.03. The van der Waals surface area contributed by atoms with Gasteiger partial charge >= 0.3 is 0 Å². The molecule has 1 aromatic carbocycles. The zero-order chi connectivity index (χ0) is 10.1. The summed E-state index contributed by atoms with van der Waals surface area (Å²) in [7, 11) is 0. The lowest BCUT2D eigenvalue weighted by Gasteiger charge is -2.07. The third-order valence-electron chi connectivity index (χ3n) is 2.16. The van der Waals surface area contributed by atoms with Crippen LogP contribution in [0.3, 0.4) is 0 Å². The Morgan fingerprint density at radius 3 is 2.80 bits per heavy atom. The monoisotopic (exact) mass is 287 g/mol. The normalized spacial score (nSPS) is 9.80. The number of nitrogens with one attached hydrogen (secondary N) is 1. The van der Waals surface area contributed by atoms with Crippen LogP contribution in [0.4, 0.5) is 5.69 Å². The molecule has 0 saturated heterocycles. The van der Waals surface area contributed by atoms with Crippen molar-refractivity contribution in [1.29, 1.82) is 0 Å². The van der Waals surface area contributed by atoms with E-state index in [1.54, 1.807) is 6.20 Å². The number of benzene rings is 1. The van der Waals surface area contributed by atoms with Crippen LogP contribution < -0.4 is 11.3 Å². The molecule has 0 atom stereocenters. The van der Waals surface area contributed by atoms with Crippen LogP contribution in [-0.2, 0) is 0 Å². The highest BCUT2D eigenvalue weighted by atomic mass is 79.9. The summed E-state index contributed by atoms with van der Waals surface area (Å²) in [6.45, 7) is 2.03. The van der Waals surface area contributed by atoms with Crippen molar-refractivity contribution < 1.29 is 0 Å². The van der Waals surface area contributed by atoms with E-state index in [0.717, 1.165) is 26.6 Å². The molecule has 0 aliphatic heterocycles. The smallest absolute Gasteiger partial charge is 0.0753 e. The zero-order valence-corrected chi connectivity index (χ0v) is 10.5. The number of hydrazine groups is 1.